The zero-order valence-electron chi connectivity index (χ0n) is 12.1. The summed E-state index contributed by atoms with van der Waals surface area (Å²) in [5.41, 5.74) is 9.86. The summed E-state index contributed by atoms with van der Waals surface area (Å²) in [6, 6.07) is 0. The van der Waals surface area contributed by atoms with Crippen molar-refractivity contribution in [3.63, 3.8) is 0 Å². The van der Waals surface area contributed by atoms with Crippen LogP contribution in [0.5, 0.6) is 0 Å². The van der Waals surface area contributed by atoms with Gasteiger partial charge in [-0.25, -0.2) is 0 Å². The van der Waals surface area contributed by atoms with Gasteiger partial charge < -0.3 is 21.6 Å². The van der Waals surface area contributed by atoms with Crippen molar-refractivity contribution in [3.8, 4) is 0 Å². The molecular weight excluding hydrogens is 260 g/mol. The molecular formula is C13H24N4O3. The van der Waals surface area contributed by atoms with Crippen LogP contribution >= 0.6 is 0 Å². The second kappa shape index (κ2) is 6.58. The highest BCUT2D eigenvalue weighted by molar-refractivity contribution is 6.06. The summed E-state index contributed by atoms with van der Waals surface area (Å²) in [5, 5.41) is 11.8. The Morgan fingerprint density at radius 2 is 1.90 bits per heavy atom. The Hall–Kier alpha value is -1.79. The summed E-state index contributed by atoms with van der Waals surface area (Å²) < 4.78 is 0. The molecule has 1 unspecified atom stereocenters. The van der Waals surface area contributed by atoms with Gasteiger partial charge in [-0.1, -0.05) is 12.1 Å². The highest BCUT2D eigenvalue weighted by atomic mass is 16.4. The van der Waals surface area contributed by atoms with Crippen LogP contribution in [-0.2, 0) is 9.59 Å². The Bertz CT molecular complexity index is 402. The van der Waals surface area contributed by atoms with Gasteiger partial charge in [-0.15, -0.1) is 0 Å². The Kier molecular flexibility index (Phi) is 5.35. The van der Waals surface area contributed by atoms with E-state index in [9.17, 15) is 9.59 Å². The van der Waals surface area contributed by atoms with Gasteiger partial charge >= 0.3 is 0 Å². The van der Waals surface area contributed by atoms with Gasteiger partial charge in [0.05, 0.1) is 0 Å². The number of amides is 2. The molecule has 7 nitrogen and oxygen atoms in total. The Morgan fingerprint density at radius 3 is 2.30 bits per heavy atom. The maximum absolute atomic E-state index is 12.5. The standard InChI is InChI=1S/C13H24N4O3/c1-3-13(2,11(15)16-20)12(19)17-6-4-9(5-7-17)8-10(14)18/h9,20H,3-8H2,1-2H3,(H2,14,18)(H2,15,16). The predicted octanol–water partition coefficient (Wildman–Crippen LogP) is 0.263. The van der Waals surface area contributed by atoms with Gasteiger partial charge in [0.1, 0.15) is 5.41 Å². The van der Waals surface area contributed by atoms with E-state index >= 15 is 0 Å². The first kappa shape index (κ1) is 16.3. The highest BCUT2D eigenvalue weighted by Gasteiger charge is 2.40. The highest BCUT2D eigenvalue weighted by Crippen LogP contribution is 2.28. The molecule has 5 N–H and O–H groups in total. The first-order chi connectivity index (χ1) is 9.35. The molecule has 0 spiro atoms. The molecule has 0 aromatic heterocycles. The first-order valence-electron chi connectivity index (χ1n) is 6.90. The number of rotatable bonds is 5. The number of likely N-dealkylation sites (tertiary alicyclic amines) is 1. The number of amidine groups is 1. The minimum Gasteiger partial charge on any atom is -0.409 e. The van der Waals surface area contributed by atoms with Crippen molar-refractivity contribution in [3.05, 3.63) is 0 Å². The van der Waals surface area contributed by atoms with E-state index in [-0.39, 0.29) is 23.6 Å². The lowest BCUT2D eigenvalue weighted by Crippen LogP contribution is -2.51. The van der Waals surface area contributed by atoms with Gasteiger partial charge in [0.25, 0.3) is 0 Å². The van der Waals surface area contributed by atoms with Crippen LogP contribution in [0.3, 0.4) is 0 Å². The SMILES string of the molecule is CCC(C)(C(=O)N1CCC(CC(N)=O)CC1)C(N)=NO. The van der Waals surface area contributed by atoms with E-state index in [2.05, 4.69) is 5.16 Å². The summed E-state index contributed by atoms with van der Waals surface area (Å²) in [6.07, 6.45) is 2.34. The molecule has 0 radical (unpaired) electrons. The summed E-state index contributed by atoms with van der Waals surface area (Å²) in [7, 11) is 0. The van der Waals surface area contributed by atoms with Crippen LogP contribution in [0.25, 0.3) is 0 Å². The monoisotopic (exact) mass is 284 g/mol. The molecule has 0 bridgehead atoms. The molecule has 1 aliphatic rings. The van der Waals surface area contributed by atoms with Crippen molar-refractivity contribution in [2.24, 2.45) is 28.0 Å². The van der Waals surface area contributed by atoms with Gasteiger partial charge in [-0.3, -0.25) is 9.59 Å². The Labute approximate surface area is 119 Å². The molecule has 7 heteroatoms. The average molecular weight is 284 g/mol. The number of carbonyl (C=O) groups excluding carboxylic acids is 2. The lowest BCUT2D eigenvalue weighted by Gasteiger charge is -2.37. The normalized spacial score (nSPS) is 20.5. The minimum atomic E-state index is -0.981. The number of nitrogens with two attached hydrogens (primary N) is 2. The van der Waals surface area contributed by atoms with E-state index < -0.39 is 5.41 Å². The fourth-order valence-electron chi connectivity index (χ4n) is 2.53. The number of oxime groups is 1. The van der Waals surface area contributed by atoms with E-state index in [0.29, 0.717) is 25.9 Å². The third kappa shape index (κ3) is 3.40. The average Bonchev–Trinajstić information content (AvgIpc) is 2.45. The molecule has 0 aliphatic carbocycles. The minimum absolute atomic E-state index is 0.0655. The molecule has 1 aliphatic heterocycles. The van der Waals surface area contributed by atoms with E-state index in [0.717, 1.165) is 12.8 Å². The van der Waals surface area contributed by atoms with Gasteiger partial charge in [-0.2, -0.15) is 0 Å². The number of carbonyl (C=O) groups is 2. The maximum atomic E-state index is 12.5. The third-order valence-corrected chi connectivity index (χ3v) is 4.24. The molecule has 1 heterocycles. The van der Waals surface area contributed by atoms with Crippen LogP contribution in [0.4, 0.5) is 0 Å². The van der Waals surface area contributed by atoms with Gasteiger partial charge in [0.15, 0.2) is 5.84 Å². The van der Waals surface area contributed by atoms with Crippen LogP contribution in [0.15, 0.2) is 5.16 Å². The van der Waals surface area contributed by atoms with Crippen molar-refractivity contribution in [1.82, 2.24) is 4.90 Å². The molecule has 1 saturated heterocycles. The molecule has 1 atom stereocenters. The zero-order chi connectivity index (χ0) is 15.3. The predicted molar refractivity (Wildman–Crippen MR) is 74.9 cm³/mol. The van der Waals surface area contributed by atoms with Gasteiger partial charge in [-0.05, 0) is 32.1 Å². The second-order valence-corrected chi connectivity index (χ2v) is 5.58. The summed E-state index contributed by atoms with van der Waals surface area (Å²) >= 11 is 0. The van der Waals surface area contributed by atoms with Crippen LogP contribution < -0.4 is 11.5 Å². The third-order valence-electron chi connectivity index (χ3n) is 4.24. The number of nitrogens with zero attached hydrogens (tertiary/aromatic N) is 2. The molecule has 0 aromatic rings. The topological polar surface area (TPSA) is 122 Å². The number of hydrogen-bond acceptors (Lipinski definition) is 4. The molecule has 1 rings (SSSR count). The lowest BCUT2D eigenvalue weighted by atomic mass is 9.83. The van der Waals surface area contributed by atoms with Crippen molar-refractivity contribution >= 4 is 17.6 Å². The fourth-order valence-corrected chi connectivity index (χ4v) is 2.53. The van der Waals surface area contributed by atoms with E-state index in [1.165, 1.54) is 0 Å². The smallest absolute Gasteiger partial charge is 0.236 e. The number of primary amides is 1. The van der Waals surface area contributed by atoms with Crippen LogP contribution in [-0.4, -0.2) is 40.8 Å². The first-order valence-corrected chi connectivity index (χ1v) is 6.90. The maximum Gasteiger partial charge on any atom is 0.236 e. The summed E-state index contributed by atoms with van der Waals surface area (Å²) in [5.74, 6) is -0.254. The number of piperidine rings is 1. The second-order valence-electron chi connectivity index (χ2n) is 5.58. The zero-order valence-corrected chi connectivity index (χ0v) is 12.1. The molecule has 0 aromatic carbocycles. The van der Waals surface area contributed by atoms with Crippen molar-refractivity contribution in [2.75, 3.05) is 13.1 Å². The quantitative estimate of drug-likeness (QED) is 0.290. The molecule has 1 fully saturated rings. The molecule has 0 saturated carbocycles. The van der Waals surface area contributed by atoms with Gasteiger partial charge in [0, 0.05) is 19.5 Å². The number of hydrogen-bond donors (Lipinski definition) is 3. The van der Waals surface area contributed by atoms with E-state index in [1.54, 1.807) is 11.8 Å². The summed E-state index contributed by atoms with van der Waals surface area (Å²) in [4.78, 5) is 25.2. The van der Waals surface area contributed by atoms with Crippen molar-refractivity contribution < 1.29 is 14.8 Å². The molecule has 2 amide bonds. The molecule has 114 valence electrons. The van der Waals surface area contributed by atoms with Crippen LogP contribution in [0.2, 0.25) is 0 Å². The van der Waals surface area contributed by atoms with Gasteiger partial charge in [0.2, 0.25) is 11.8 Å². The Balaban J connectivity index is 2.68. The summed E-state index contributed by atoms with van der Waals surface area (Å²) in [6.45, 7) is 4.66. The Morgan fingerprint density at radius 1 is 1.35 bits per heavy atom. The van der Waals surface area contributed by atoms with Crippen molar-refractivity contribution in [2.45, 2.75) is 39.5 Å². The fraction of sp³-hybridized carbons (Fsp3) is 0.769. The van der Waals surface area contributed by atoms with Crippen molar-refractivity contribution in [1.29, 1.82) is 0 Å². The lowest BCUT2D eigenvalue weighted by molar-refractivity contribution is -0.139. The van der Waals surface area contributed by atoms with E-state index in [4.69, 9.17) is 16.7 Å². The largest absolute Gasteiger partial charge is 0.409 e. The molecule has 20 heavy (non-hydrogen) atoms. The van der Waals surface area contributed by atoms with E-state index in [1.807, 2.05) is 6.92 Å². The van der Waals surface area contributed by atoms with Crippen LogP contribution in [0, 0.1) is 11.3 Å². The van der Waals surface area contributed by atoms with Crippen LogP contribution in [0.1, 0.15) is 39.5 Å².